The van der Waals surface area contributed by atoms with E-state index in [4.69, 9.17) is 0 Å². The summed E-state index contributed by atoms with van der Waals surface area (Å²) in [6.07, 6.45) is 0. The van der Waals surface area contributed by atoms with Crippen molar-refractivity contribution in [2.75, 3.05) is 11.9 Å². The van der Waals surface area contributed by atoms with E-state index in [9.17, 15) is 9.90 Å². The Bertz CT molecular complexity index is 678. The minimum atomic E-state index is -0.696. The van der Waals surface area contributed by atoms with Gasteiger partial charge in [0.1, 0.15) is 11.6 Å². The van der Waals surface area contributed by atoms with Gasteiger partial charge in [-0.2, -0.15) is 5.10 Å². The lowest BCUT2D eigenvalue weighted by Gasteiger charge is -2.24. The molecule has 0 atom stereocenters. The van der Waals surface area contributed by atoms with Gasteiger partial charge in [0.05, 0.1) is 23.5 Å². The van der Waals surface area contributed by atoms with Crippen LogP contribution in [0.1, 0.15) is 25.5 Å². The molecule has 22 heavy (non-hydrogen) atoms. The lowest BCUT2D eigenvalue weighted by Crippen LogP contribution is -2.48. The number of aliphatic hydroxyl groups excluding tert-OH is 1. The molecule has 1 aromatic carbocycles. The number of carbonyl (C=O) groups excluding carboxylic acids is 1. The molecular weight excluding hydrogens is 282 g/mol. The number of amides is 2. The van der Waals surface area contributed by atoms with Gasteiger partial charge in [-0.05, 0) is 39.8 Å². The molecule has 0 spiro atoms. The maximum Gasteiger partial charge on any atom is 0.319 e. The highest BCUT2D eigenvalue weighted by molar-refractivity contribution is 5.91. The Morgan fingerprint density at radius 3 is 2.59 bits per heavy atom. The monoisotopic (exact) mass is 303 g/mol. The van der Waals surface area contributed by atoms with Crippen LogP contribution < -0.4 is 10.6 Å². The van der Waals surface area contributed by atoms with Crippen molar-refractivity contribution in [2.45, 2.75) is 33.2 Å². The summed E-state index contributed by atoms with van der Waals surface area (Å²) in [5.74, 6) is 1.40. The van der Waals surface area contributed by atoms with Crippen molar-refractivity contribution >= 4 is 11.7 Å². The summed E-state index contributed by atoms with van der Waals surface area (Å²) in [6, 6.07) is 6.95. The third-order valence-electron chi connectivity index (χ3n) is 3.10. The van der Waals surface area contributed by atoms with Gasteiger partial charge in [-0.25, -0.2) is 14.5 Å². The Morgan fingerprint density at radius 2 is 2.00 bits per heavy atom. The predicted molar refractivity (Wildman–Crippen MR) is 84.2 cm³/mol. The van der Waals surface area contributed by atoms with Gasteiger partial charge in [0.2, 0.25) is 0 Å². The largest absolute Gasteiger partial charge is 0.394 e. The number of para-hydroxylation sites is 2. The number of nitrogens with one attached hydrogen (secondary N) is 2. The lowest BCUT2D eigenvalue weighted by atomic mass is 10.1. The Hall–Kier alpha value is -2.41. The number of hydrogen-bond donors (Lipinski definition) is 3. The average Bonchev–Trinajstić information content (AvgIpc) is 2.77. The van der Waals surface area contributed by atoms with E-state index < -0.39 is 5.54 Å². The number of aliphatic hydroxyl groups is 1. The van der Waals surface area contributed by atoms with Crippen LogP contribution in [0.2, 0.25) is 0 Å². The number of carbonyl (C=O) groups is 1. The van der Waals surface area contributed by atoms with Crippen molar-refractivity contribution in [2.24, 2.45) is 0 Å². The average molecular weight is 303 g/mol. The van der Waals surface area contributed by atoms with E-state index in [1.54, 1.807) is 24.6 Å². The molecule has 0 unspecified atom stereocenters. The molecule has 3 N–H and O–H groups in total. The molecule has 7 nitrogen and oxygen atoms in total. The van der Waals surface area contributed by atoms with Gasteiger partial charge in [0.15, 0.2) is 0 Å². The van der Waals surface area contributed by atoms with E-state index in [0.717, 1.165) is 11.5 Å². The van der Waals surface area contributed by atoms with E-state index in [1.807, 2.05) is 32.0 Å². The zero-order valence-corrected chi connectivity index (χ0v) is 13.2. The van der Waals surface area contributed by atoms with Crippen LogP contribution in [0, 0.1) is 13.8 Å². The zero-order valence-electron chi connectivity index (χ0n) is 13.2. The highest BCUT2D eigenvalue weighted by atomic mass is 16.3. The van der Waals surface area contributed by atoms with Gasteiger partial charge < -0.3 is 15.7 Å². The van der Waals surface area contributed by atoms with E-state index in [1.165, 1.54) is 0 Å². The summed E-state index contributed by atoms with van der Waals surface area (Å²) in [5, 5.41) is 19.0. The first-order chi connectivity index (χ1) is 10.3. The fourth-order valence-corrected chi connectivity index (χ4v) is 2.01. The predicted octanol–water partition coefficient (Wildman–Crippen LogP) is 1.78. The first kappa shape index (κ1) is 16.0. The van der Waals surface area contributed by atoms with Gasteiger partial charge >= 0.3 is 6.03 Å². The highest BCUT2D eigenvalue weighted by Crippen LogP contribution is 2.20. The van der Waals surface area contributed by atoms with Crippen LogP contribution in [0.5, 0.6) is 0 Å². The molecule has 2 amide bonds. The van der Waals surface area contributed by atoms with Crippen LogP contribution in [-0.4, -0.2) is 38.0 Å². The number of rotatable bonds is 4. The van der Waals surface area contributed by atoms with E-state index in [-0.39, 0.29) is 12.6 Å². The standard InChI is InChI=1S/C15H21N5O2/c1-10-16-11(2)20(19-10)13-8-6-5-7-12(13)17-14(22)18-15(3,4)9-21/h5-8,21H,9H2,1-4H3,(H2,17,18,22). The summed E-state index contributed by atoms with van der Waals surface area (Å²) in [7, 11) is 0. The second-order valence-electron chi connectivity index (χ2n) is 5.76. The van der Waals surface area contributed by atoms with Crippen molar-refractivity contribution in [3.05, 3.63) is 35.9 Å². The quantitative estimate of drug-likeness (QED) is 0.802. The van der Waals surface area contributed by atoms with Crippen LogP contribution in [0.15, 0.2) is 24.3 Å². The van der Waals surface area contributed by atoms with E-state index >= 15 is 0 Å². The molecule has 1 heterocycles. The van der Waals surface area contributed by atoms with Gasteiger partial charge in [0.25, 0.3) is 0 Å². The highest BCUT2D eigenvalue weighted by Gasteiger charge is 2.20. The fourth-order valence-electron chi connectivity index (χ4n) is 2.01. The summed E-state index contributed by atoms with van der Waals surface area (Å²) in [5.41, 5.74) is 0.651. The topological polar surface area (TPSA) is 92.1 Å². The molecular formula is C15H21N5O2. The maximum absolute atomic E-state index is 12.1. The number of anilines is 1. The number of urea groups is 1. The molecule has 0 aliphatic rings. The molecule has 0 bridgehead atoms. The van der Waals surface area contributed by atoms with Crippen LogP contribution in [0.25, 0.3) is 5.69 Å². The number of aryl methyl sites for hydroxylation is 2. The van der Waals surface area contributed by atoms with Crippen molar-refractivity contribution in [3.8, 4) is 5.69 Å². The van der Waals surface area contributed by atoms with Crippen LogP contribution in [-0.2, 0) is 0 Å². The summed E-state index contributed by atoms with van der Waals surface area (Å²) >= 11 is 0. The number of nitrogens with zero attached hydrogens (tertiary/aromatic N) is 3. The molecule has 1 aromatic heterocycles. The summed E-state index contributed by atoms with van der Waals surface area (Å²) in [6.45, 7) is 7.00. The number of benzene rings is 1. The minimum absolute atomic E-state index is 0.149. The normalized spacial score (nSPS) is 11.3. The van der Waals surface area contributed by atoms with Crippen molar-refractivity contribution in [3.63, 3.8) is 0 Å². The zero-order chi connectivity index (χ0) is 16.3. The molecule has 0 aliphatic carbocycles. The van der Waals surface area contributed by atoms with Gasteiger partial charge in [-0.3, -0.25) is 0 Å². The lowest BCUT2D eigenvalue weighted by molar-refractivity contribution is 0.187. The maximum atomic E-state index is 12.1. The second-order valence-corrected chi connectivity index (χ2v) is 5.76. The van der Waals surface area contributed by atoms with Crippen LogP contribution in [0.3, 0.4) is 0 Å². The Kier molecular flexibility index (Phi) is 4.46. The van der Waals surface area contributed by atoms with E-state index in [0.29, 0.717) is 11.5 Å². The number of aromatic nitrogens is 3. The van der Waals surface area contributed by atoms with Crippen molar-refractivity contribution in [1.29, 1.82) is 0 Å². The molecule has 2 rings (SSSR count). The molecule has 0 fully saturated rings. The van der Waals surface area contributed by atoms with Crippen molar-refractivity contribution < 1.29 is 9.90 Å². The third-order valence-corrected chi connectivity index (χ3v) is 3.10. The molecule has 0 aliphatic heterocycles. The molecule has 2 aromatic rings. The van der Waals surface area contributed by atoms with Crippen LogP contribution in [0.4, 0.5) is 10.5 Å². The number of hydrogen-bond acceptors (Lipinski definition) is 4. The Morgan fingerprint density at radius 1 is 1.32 bits per heavy atom. The van der Waals surface area contributed by atoms with Gasteiger partial charge in [-0.15, -0.1) is 0 Å². The molecule has 0 radical (unpaired) electrons. The first-order valence-electron chi connectivity index (χ1n) is 7.02. The molecule has 7 heteroatoms. The summed E-state index contributed by atoms with van der Waals surface area (Å²) in [4.78, 5) is 16.4. The smallest absolute Gasteiger partial charge is 0.319 e. The first-order valence-corrected chi connectivity index (χ1v) is 7.02. The van der Waals surface area contributed by atoms with Gasteiger partial charge in [-0.1, -0.05) is 12.1 Å². The fraction of sp³-hybridized carbons (Fsp3) is 0.400. The van der Waals surface area contributed by atoms with E-state index in [2.05, 4.69) is 20.7 Å². The summed E-state index contributed by atoms with van der Waals surface area (Å²) < 4.78 is 1.68. The van der Waals surface area contributed by atoms with Crippen LogP contribution >= 0.6 is 0 Å². The molecule has 0 saturated carbocycles. The minimum Gasteiger partial charge on any atom is -0.394 e. The van der Waals surface area contributed by atoms with Crippen molar-refractivity contribution in [1.82, 2.24) is 20.1 Å². The molecule has 0 saturated heterocycles. The third kappa shape index (κ3) is 3.62. The van der Waals surface area contributed by atoms with Gasteiger partial charge in [0, 0.05) is 0 Å². The Balaban J connectivity index is 2.26. The molecule has 118 valence electrons. The SMILES string of the molecule is Cc1nc(C)n(-c2ccccc2NC(=O)NC(C)(C)CO)n1. The Labute approximate surface area is 129 Å². The second kappa shape index (κ2) is 6.15.